The predicted octanol–water partition coefficient (Wildman–Crippen LogP) is -0.180. The van der Waals surface area contributed by atoms with Crippen LogP contribution in [0.4, 0.5) is 0 Å². The van der Waals surface area contributed by atoms with Crippen molar-refractivity contribution in [2.45, 2.75) is 38.8 Å². The Kier molecular flexibility index (Phi) is 4.99. The highest BCUT2D eigenvalue weighted by Crippen LogP contribution is 2.23. The van der Waals surface area contributed by atoms with Crippen LogP contribution in [0, 0.1) is 5.92 Å². The number of ether oxygens (including phenoxy) is 1. The van der Waals surface area contributed by atoms with Crippen molar-refractivity contribution in [1.29, 1.82) is 0 Å². The number of likely N-dealkylation sites (tertiary alicyclic amines) is 1. The first-order valence-electron chi connectivity index (χ1n) is 7.48. The maximum absolute atomic E-state index is 12.8. The van der Waals surface area contributed by atoms with E-state index in [2.05, 4.69) is 0 Å². The van der Waals surface area contributed by atoms with E-state index in [1.165, 1.54) is 0 Å². The number of rotatable bonds is 4. The molecule has 0 aromatic rings. The van der Waals surface area contributed by atoms with E-state index in [4.69, 9.17) is 10.5 Å². The molecule has 0 spiro atoms. The molecule has 2 N–H and O–H groups in total. The van der Waals surface area contributed by atoms with Gasteiger partial charge in [-0.2, -0.15) is 0 Å². The lowest BCUT2D eigenvalue weighted by molar-refractivity contribution is -0.148. The number of morpholine rings is 1. The molecule has 2 fully saturated rings. The van der Waals surface area contributed by atoms with E-state index >= 15 is 0 Å². The number of carbonyl (C=O) groups excluding carboxylic acids is 2. The van der Waals surface area contributed by atoms with Crippen molar-refractivity contribution in [2.75, 3.05) is 32.8 Å². The maximum atomic E-state index is 12.8. The van der Waals surface area contributed by atoms with Crippen molar-refractivity contribution in [3.63, 3.8) is 0 Å². The molecule has 114 valence electrons. The van der Waals surface area contributed by atoms with Crippen LogP contribution in [-0.4, -0.2) is 66.5 Å². The SMILES string of the molecule is CC[C@H](C)[C@@H](C(=O)N1CCOCC1)N1CC[C@H](N)C1=O. The highest BCUT2D eigenvalue weighted by Gasteiger charge is 2.41. The van der Waals surface area contributed by atoms with Gasteiger partial charge in [0.25, 0.3) is 0 Å². The van der Waals surface area contributed by atoms with Crippen molar-refractivity contribution in [3.8, 4) is 0 Å². The van der Waals surface area contributed by atoms with E-state index in [0.717, 1.165) is 6.42 Å². The summed E-state index contributed by atoms with van der Waals surface area (Å²) in [6, 6.07) is -0.821. The van der Waals surface area contributed by atoms with Crippen LogP contribution in [0.3, 0.4) is 0 Å². The summed E-state index contributed by atoms with van der Waals surface area (Å²) >= 11 is 0. The number of hydrogen-bond acceptors (Lipinski definition) is 4. The van der Waals surface area contributed by atoms with Gasteiger partial charge in [-0.25, -0.2) is 0 Å². The molecule has 20 heavy (non-hydrogen) atoms. The summed E-state index contributed by atoms with van der Waals surface area (Å²) in [6.45, 7) is 7.04. The third-order valence-corrected chi connectivity index (χ3v) is 4.38. The zero-order chi connectivity index (χ0) is 14.7. The second-order valence-corrected chi connectivity index (χ2v) is 5.69. The van der Waals surface area contributed by atoms with E-state index in [1.54, 1.807) is 4.90 Å². The molecule has 0 unspecified atom stereocenters. The topological polar surface area (TPSA) is 75.9 Å². The molecule has 0 aliphatic carbocycles. The summed E-state index contributed by atoms with van der Waals surface area (Å²) in [5.74, 6) is 0.0987. The van der Waals surface area contributed by atoms with Crippen molar-refractivity contribution in [2.24, 2.45) is 11.7 Å². The van der Waals surface area contributed by atoms with Crippen LogP contribution in [0.15, 0.2) is 0 Å². The summed E-state index contributed by atoms with van der Waals surface area (Å²) in [4.78, 5) is 28.4. The van der Waals surface area contributed by atoms with Crippen LogP contribution in [0.5, 0.6) is 0 Å². The average molecular weight is 283 g/mol. The summed E-state index contributed by atoms with van der Waals surface area (Å²) in [6.07, 6.45) is 1.50. The number of carbonyl (C=O) groups is 2. The van der Waals surface area contributed by atoms with Crippen LogP contribution >= 0.6 is 0 Å². The summed E-state index contributed by atoms with van der Waals surface area (Å²) in [7, 11) is 0. The van der Waals surface area contributed by atoms with E-state index in [1.807, 2.05) is 18.7 Å². The van der Waals surface area contributed by atoms with Gasteiger partial charge in [0, 0.05) is 19.6 Å². The molecule has 2 heterocycles. The lowest BCUT2D eigenvalue weighted by Gasteiger charge is -2.37. The molecule has 2 aliphatic heterocycles. The minimum absolute atomic E-state index is 0.0464. The molecule has 0 aromatic carbocycles. The van der Waals surface area contributed by atoms with Crippen molar-refractivity contribution >= 4 is 11.8 Å². The van der Waals surface area contributed by atoms with E-state index < -0.39 is 6.04 Å². The number of nitrogens with zero attached hydrogens (tertiary/aromatic N) is 2. The summed E-state index contributed by atoms with van der Waals surface area (Å²) in [5, 5.41) is 0. The predicted molar refractivity (Wildman–Crippen MR) is 74.9 cm³/mol. The van der Waals surface area contributed by atoms with E-state index in [0.29, 0.717) is 39.3 Å². The fourth-order valence-electron chi connectivity index (χ4n) is 2.88. The minimum Gasteiger partial charge on any atom is -0.378 e. The largest absolute Gasteiger partial charge is 0.378 e. The Balaban J connectivity index is 2.14. The molecule has 0 bridgehead atoms. The molecule has 2 amide bonds. The Morgan fingerprint density at radius 1 is 1.40 bits per heavy atom. The highest BCUT2D eigenvalue weighted by molar-refractivity contribution is 5.91. The molecule has 0 saturated carbocycles. The van der Waals surface area contributed by atoms with Gasteiger partial charge >= 0.3 is 0 Å². The standard InChI is InChI=1S/C14H25N3O3/c1-3-10(2)12(17-5-4-11(15)13(17)18)14(19)16-6-8-20-9-7-16/h10-12H,3-9,15H2,1-2H3/t10-,11-,12-/m0/s1. The van der Waals surface area contributed by atoms with E-state index in [9.17, 15) is 9.59 Å². The van der Waals surface area contributed by atoms with Gasteiger partial charge in [-0.3, -0.25) is 9.59 Å². The van der Waals surface area contributed by atoms with Crippen LogP contribution < -0.4 is 5.73 Å². The van der Waals surface area contributed by atoms with Gasteiger partial charge < -0.3 is 20.3 Å². The normalized spacial score (nSPS) is 26.8. The third kappa shape index (κ3) is 2.96. The Labute approximate surface area is 120 Å². The molecule has 6 heteroatoms. The van der Waals surface area contributed by atoms with Crippen LogP contribution in [0.1, 0.15) is 26.7 Å². The summed E-state index contributed by atoms with van der Waals surface area (Å²) < 4.78 is 5.29. The summed E-state index contributed by atoms with van der Waals surface area (Å²) in [5.41, 5.74) is 5.79. The zero-order valence-corrected chi connectivity index (χ0v) is 12.4. The molecular weight excluding hydrogens is 258 g/mol. The second-order valence-electron chi connectivity index (χ2n) is 5.69. The van der Waals surface area contributed by atoms with Crippen molar-refractivity contribution in [1.82, 2.24) is 9.80 Å². The van der Waals surface area contributed by atoms with Crippen LogP contribution in [-0.2, 0) is 14.3 Å². The van der Waals surface area contributed by atoms with Crippen molar-refractivity contribution < 1.29 is 14.3 Å². The highest BCUT2D eigenvalue weighted by atomic mass is 16.5. The first kappa shape index (κ1) is 15.3. The van der Waals surface area contributed by atoms with Crippen molar-refractivity contribution in [3.05, 3.63) is 0 Å². The second kappa shape index (κ2) is 6.54. The molecule has 6 nitrogen and oxygen atoms in total. The van der Waals surface area contributed by atoms with Gasteiger partial charge in [0.1, 0.15) is 6.04 Å². The van der Waals surface area contributed by atoms with Gasteiger partial charge in [-0.1, -0.05) is 20.3 Å². The fraction of sp³-hybridized carbons (Fsp3) is 0.857. The average Bonchev–Trinajstić information content (AvgIpc) is 2.80. The van der Waals surface area contributed by atoms with Gasteiger partial charge in [-0.05, 0) is 12.3 Å². The third-order valence-electron chi connectivity index (χ3n) is 4.38. The smallest absolute Gasteiger partial charge is 0.245 e. The number of hydrogen-bond donors (Lipinski definition) is 1. The quantitative estimate of drug-likeness (QED) is 0.776. The molecule has 0 radical (unpaired) electrons. The lowest BCUT2D eigenvalue weighted by atomic mass is 9.96. The molecule has 0 aromatic heterocycles. The first-order chi connectivity index (χ1) is 9.56. The zero-order valence-electron chi connectivity index (χ0n) is 12.4. The Morgan fingerprint density at radius 2 is 2.05 bits per heavy atom. The fourth-order valence-corrected chi connectivity index (χ4v) is 2.88. The number of amides is 2. The Hall–Kier alpha value is -1.14. The Bertz CT molecular complexity index is 369. The minimum atomic E-state index is -0.445. The van der Waals surface area contributed by atoms with Gasteiger partial charge in [0.15, 0.2) is 0 Å². The van der Waals surface area contributed by atoms with E-state index in [-0.39, 0.29) is 23.8 Å². The molecule has 3 atom stereocenters. The molecular formula is C14H25N3O3. The van der Waals surface area contributed by atoms with Crippen LogP contribution in [0.25, 0.3) is 0 Å². The molecule has 2 aliphatic rings. The monoisotopic (exact) mass is 283 g/mol. The number of nitrogens with two attached hydrogens (primary N) is 1. The Morgan fingerprint density at radius 3 is 2.55 bits per heavy atom. The maximum Gasteiger partial charge on any atom is 0.245 e. The first-order valence-corrected chi connectivity index (χ1v) is 7.48. The van der Waals surface area contributed by atoms with Gasteiger partial charge in [-0.15, -0.1) is 0 Å². The van der Waals surface area contributed by atoms with Gasteiger partial charge in [0.05, 0.1) is 19.3 Å². The van der Waals surface area contributed by atoms with Crippen LogP contribution in [0.2, 0.25) is 0 Å². The van der Waals surface area contributed by atoms with Gasteiger partial charge in [0.2, 0.25) is 11.8 Å². The molecule has 2 saturated heterocycles. The molecule has 2 rings (SSSR count). The lowest BCUT2D eigenvalue weighted by Crippen LogP contribution is -2.55.